The van der Waals surface area contributed by atoms with Crippen LogP contribution >= 0.6 is 35.6 Å². The van der Waals surface area contributed by atoms with E-state index >= 15 is 0 Å². The molecule has 7 heteroatoms. The Morgan fingerprint density at radius 1 is 1.07 bits per heavy atom. The number of benzene rings is 2. The van der Waals surface area contributed by atoms with Crippen molar-refractivity contribution in [2.24, 2.45) is 4.99 Å². The first-order valence-corrected chi connectivity index (χ1v) is 9.83. The van der Waals surface area contributed by atoms with Gasteiger partial charge < -0.3 is 15.1 Å². The van der Waals surface area contributed by atoms with Crippen molar-refractivity contribution in [1.29, 1.82) is 0 Å². The number of nitrogens with zero attached hydrogens (tertiary/aromatic N) is 3. The fourth-order valence-electron chi connectivity index (χ4n) is 2.82. The van der Waals surface area contributed by atoms with Crippen LogP contribution in [-0.2, 0) is 13.0 Å². The predicted molar refractivity (Wildman–Crippen MR) is 132 cm³/mol. The number of amides is 1. The van der Waals surface area contributed by atoms with E-state index in [2.05, 4.69) is 17.1 Å². The molecule has 158 valence electrons. The maximum Gasteiger partial charge on any atom is 0.253 e. The zero-order valence-electron chi connectivity index (χ0n) is 17.5. The van der Waals surface area contributed by atoms with Gasteiger partial charge in [-0.2, -0.15) is 0 Å². The fraction of sp³-hybridized carbons (Fsp3) is 0.364. The monoisotopic (exact) mass is 528 g/mol. The quantitative estimate of drug-likeness (QED) is 0.331. The SMILES string of the molecule is CCNC(=NCCc1cccc(C(=O)N(C)C)c1)N(C)Cc1ccc(Cl)cc1.I. The first kappa shape index (κ1) is 25.2. The summed E-state index contributed by atoms with van der Waals surface area (Å²) >= 11 is 5.96. The average molecular weight is 529 g/mol. The van der Waals surface area contributed by atoms with Crippen LogP contribution < -0.4 is 5.32 Å². The van der Waals surface area contributed by atoms with Gasteiger partial charge in [0.15, 0.2) is 5.96 Å². The van der Waals surface area contributed by atoms with Gasteiger partial charge >= 0.3 is 0 Å². The van der Waals surface area contributed by atoms with E-state index in [4.69, 9.17) is 16.6 Å². The maximum atomic E-state index is 12.1. The summed E-state index contributed by atoms with van der Waals surface area (Å²) in [7, 11) is 5.55. The summed E-state index contributed by atoms with van der Waals surface area (Å²) in [5.41, 5.74) is 2.98. The molecule has 1 amide bonds. The Hall–Kier alpha value is -1.80. The molecule has 5 nitrogen and oxygen atoms in total. The minimum atomic E-state index is 0. The highest BCUT2D eigenvalue weighted by Gasteiger charge is 2.09. The number of halogens is 2. The third kappa shape index (κ3) is 8.22. The lowest BCUT2D eigenvalue weighted by Gasteiger charge is -2.22. The highest BCUT2D eigenvalue weighted by atomic mass is 127. The van der Waals surface area contributed by atoms with Crippen LogP contribution in [-0.4, -0.2) is 55.9 Å². The molecule has 2 aromatic carbocycles. The summed E-state index contributed by atoms with van der Waals surface area (Å²) < 4.78 is 0. The zero-order valence-corrected chi connectivity index (χ0v) is 20.6. The van der Waals surface area contributed by atoms with E-state index in [1.807, 2.05) is 55.6 Å². The standard InChI is InChI=1S/C22H29ClN4O.HI/c1-5-24-22(27(4)16-18-9-11-20(23)12-10-18)25-14-13-17-7-6-8-19(15-17)21(28)26(2)3;/h6-12,15H,5,13-14,16H2,1-4H3,(H,24,25);1H. The molecular formula is C22H30ClIN4O. The molecule has 0 aliphatic rings. The summed E-state index contributed by atoms with van der Waals surface area (Å²) in [6, 6.07) is 15.6. The number of carbonyl (C=O) groups is 1. The minimum Gasteiger partial charge on any atom is -0.357 e. The number of guanidine groups is 1. The molecule has 0 aliphatic carbocycles. The van der Waals surface area contributed by atoms with Crippen molar-refractivity contribution >= 4 is 47.4 Å². The lowest BCUT2D eigenvalue weighted by atomic mass is 10.1. The molecule has 0 aliphatic heterocycles. The van der Waals surface area contributed by atoms with Crippen molar-refractivity contribution in [3.05, 3.63) is 70.2 Å². The maximum absolute atomic E-state index is 12.1. The second kappa shape index (κ2) is 12.7. The molecule has 0 unspecified atom stereocenters. The molecular weight excluding hydrogens is 499 g/mol. The van der Waals surface area contributed by atoms with Crippen molar-refractivity contribution in [1.82, 2.24) is 15.1 Å². The number of carbonyl (C=O) groups excluding carboxylic acids is 1. The van der Waals surface area contributed by atoms with E-state index in [1.165, 1.54) is 5.56 Å². The Kier molecular flexibility index (Phi) is 11.0. The smallest absolute Gasteiger partial charge is 0.253 e. The third-order valence-electron chi connectivity index (χ3n) is 4.27. The molecule has 0 aromatic heterocycles. The molecule has 0 radical (unpaired) electrons. The average Bonchev–Trinajstić information content (AvgIpc) is 2.68. The number of nitrogens with one attached hydrogen (secondary N) is 1. The van der Waals surface area contributed by atoms with Crippen LogP contribution in [0.5, 0.6) is 0 Å². The molecule has 0 spiro atoms. The lowest BCUT2D eigenvalue weighted by Crippen LogP contribution is -2.38. The summed E-state index contributed by atoms with van der Waals surface area (Å²) in [6.07, 6.45) is 0.776. The van der Waals surface area contributed by atoms with E-state index in [0.29, 0.717) is 12.1 Å². The summed E-state index contributed by atoms with van der Waals surface area (Å²) in [5, 5.41) is 4.07. The number of hydrogen-bond donors (Lipinski definition) is 1. The van der Waals surface area contributed by atoms with E-state index in [9.17, 15) is 4.79 Å². The molecule has 0 saturated heterocycles. The summed E-state index contributed by atoms with van der Waals surface area (Å²) in [4.78, 5) is 20.5. The van der Waals surface area contributed by atoms with Gasteiger partial charge in [-0.05, 0) is 48.7 Å². The van der Waals surface area contributed by atoms with E-state index in [-0.39, 0.29) is 29.9 Å². The van der Waals surface area contributed by atoms with Crippen molar-refractivity contribution < 1.29 is 4.79 Å². The Morgan fingerprint density at radius 3 is 2.38 bits per heavy atom. The van der Waals surface area contributed by atoms with Crippen molar-refractivity contribution in [3.8, 4) is 0 Å². The van der Waals surface area contributed by atoms with Gasteiger partial charge in [0.05, 0.1) is 0 Å². The van der Waals surface area contributed by atoms with Crippen LogP contribution in [0.25, 0.3) is 0 Å². The van der Waals surface area contributed by atoms with Crippen LogP contribution in [0.3, 0.4) is 0 Å². The molecule has 0 bridgehead atoms. The van der Waals surface area contributed by atoms with E-state index in [0.717, 1.165) is 36.1 Å². The number of hydrogen-bond acceptors (Lipinski definition) is 2. The Bertz CT molecular complexity index is 809. The van der Waals surface area contributed by atoms with Crippen LogP contribution in [0.4, 0.5) is 0 Å². The van der Waals surface area contributed by atoms with Crippen molar-refractivity contribution in [2.45, 2.75) is 19.9 Å². The largest absolute Gasteiger partial charge is 0.357 e. The lowest BCUT2D eigenvalue weighted by molar-refractivity contribution is 0.0827. The zero-order chi connectivity index (χ0) is 20.5. The van der Waals surface area contributed by atoms with E-state index < -0.39 is 0 Å². The van der Waals surface area contributed by atoms with Crippen molar-refractivity contribution in [2.75, 3.05) is 34.2 Å². The normalized spacial score (nSPS) is 10.9. The van der Waals surface area contributed by atoms with Crippen LogP contribution in [0.1, 0.15) is 28.4 Å². The van der Waals surface area contributed by atoms with E-state index in [1.54, 1.807) is 19.0 Å². The van der Waals surface area contributed by atoms with Crippen molar-refractivity contribution in [3.63, 3.8) is 0 Å². The van der Waals surface area contributed by atoms with Gasteiger partial charge in [0.1, 0.15) is 0 Å². The van der Waals surface area contributed by atoms with Gasteiger partial charge in [0, 0.05) is 51.4 Å². The predicted octanol–water partition coefficient (Wildman–Crippen LogP) is 4.30. The number of aliphatic imine (C=N–C) groups is 1. The molecule has 0 fully saturated rings. The highest BCUT2D eigenvalue weighted by Crippen LogP contribution is 2.11. The molecule has 0 atom stereocenters. The number of rotatable bonds is 7. The van der Waals surface area contributed by atoms with Gasteiger partial charge in [-0.3, -0.25) is 9.79 Å². The highest BCUT2D eigenvalue weighted by molar-refractivity contribution is 14.0. The van der Waals surface area contributed by atoms with Crippen LogP contribution in [0.2, 0.25) is 5.02 Å². The summed E-state index contributed by atoms with van der Waals surface area (Å²) in [6.45, 7) is 4.25. The molecule has 1 N–H and O–H groups in total. The Balaban J connectivity index is 0.00000420. The van der Waals surface area contributed by atoms with Gasteiger partial charge in [-0.1, -0.05) is 35.9 Å². The Labute approximate surface area is 196 Å². The minimum absolute atomic E-state index is 0. The first-order chi connectivity index (χ1) is 13.4. The second-order valence-electron chi connectivity index (χ2n) is 6.87. The molecule has 0 saturated carbocycles. The third-order valence-corrected chi connectivity index (χ3v) is 4.52. The summed E-state index contributed by atoms with van der Waals surface area (Å²) in [5.74, 6) is 0.874. The molecule has 2 aromatic rings. The van der Waals surface area contributed by atoms with Crippen LogP contribution in [0, 0.1) is 0 Å². The van der Waals surface area contributed by atoms with Gasteiger partial charge in [0.25, 0.3) is 5.91 Å². The fourth-order valence-corrected chi connectivity index (χ4v) is 2.94. The molecule has 2 rings (SSSR count). The first-order valence-electron chi connectivity index (χ1n) is 9.45. The Morgan fingerprint density at radius 2 is 1.76 bits per heavy atom. The molecule has 29 heavy (non-hydrogen) atoms. The van der Waals surface area contributed by atoms with Gasteiger partial charge in [0.2, 0.25) is 0 Å². The van der Waals surface area contributed by atoms with Crippen LogP contribution in [0.15, 0.2) is 53.5 Å². The molecule has 0 heterocycles. The topological polar surface area (TPSA) is 47.9 Å². The van der Waals surface area contributed by atoms with Gasteiger partial charge in [-0.25, -0.2) is 0 Å². The second-order valence-corrected chi connectivity index (χ2v) is 7.30. The van der Waals surface area contributed by atoms with Gasteiger partial charge in [-0.15, -0.1) is 24.0 Å².